The van der Waals surface area contributed by atoms with E-state index in [0.717, 1.165) is 5.69 Å². The summed E-state index contributed by atoms with van der Waals surface area (Å²) in [6.45, 7) is 7.91. The molecular weight excluding hydrogens is 438 g/mol. The molecule has 0 unspecified atom stereocenters. The first kappa shape index (κ1) is 25.3. The number of esters is 1. The molecule has 0 bridgehead atoms. The van der Waals surface area contributed by atoms with Crippen molar-refractivity contribution >= 4 is 29.5 Å². The van der Waals surface area contributed by atoms with Crippen LogP contribution in [-0.4, -0.2) is 96.6 Å². The molecule has 1 aromatic rings. The highest BCUT2D eigenvalue weighted by atomic mass is 16.5. The van der Waals surface area contributed by atoms with Crippen LogP contribution >= 0.6 is 0 Å². The number of piperidine rings is 1. The van der Waals surface area contributed by atoms with Crippen molar-refractivity contribution in [1.29, 1.82) is 0 Å². The number of urea groups is 1. The van der Waals surface area contributed by atoms with Gasteiger partial charge in [0.05, 0.1) is 13.3 Å². The summed E-state index contributed by atoms with van der Waals surface area (Å²) < 4.78 is 4.85. The van der Waals surface area contributed by atoms with E-state index < -0.39 is 11.5 Å². The molecule has 0 atom stereocenters. The Morgan fingerprint density at radius 3 is 2.29 bits per heavy atom. The Morgan fingerprint density at radius 2 is 1.71 bits per heavy atom. The smallest absolute Gasteiger partial charge is 0.325 e. The lowest BCUT2D eigenvalue weighted by atomic mass is 9.85. The maximum absolute atomic E-state index is 13.7. The van der Waals surface area contributed by atoms with Crippen molar-refractivity contribution in [2.75, 3.05) is 57.4 Å². The normalized spacial score (nSPS) is 17.1. The van der Waals surface area contributed by atoms with Crippen molar-refractivity contribution in [2.45, 2.75) is 39.2 Å². The molecule has 10 nitrogen and oxygen atoms in total. The Balaban J connectivity index is 1.74. The van der Waals surface area contributed by atoms with E-state index in [1.165, 1.54) is 0 Å². The van der Waals surface area contributed by atoms with Crippen LogP contribution in [-0.2, 0) is 19.1 Å². The summed E-state index contributed by atoms with van der Waals surface area (Å²) in [6.07, 6.45) is 0.868. The lowest BCUT2D eigenvalue weighted by molar-refractivity contribution is -0.141. The largest absolute Gasteiger partial charge is 0.465 e. The van der Waals surface area contributed by atoms with E-state index >= 15 is 0 Å². The third-order valence-electron chi connectivity index (χ3n) is 6.59. The maximum Gasteiger partial charge on any atom is 0.325 e. The molecule has 4 amide bonds. The Morgan fingerprint density at radius 1 is 1.06 bits per heavy atom. The fourth-order valence-electron chi connectivity index (χ4n) is 4.71. The van der Waals surface area contributed by atoms with Gasteiger partial charge in [0.15, 0.2) is 0 Å². The van der Waals surface area contributed by atoms with Crippen molar-refractivity contribution in [3.63, 3.8) is 0 Å². The fraction of sp³-hybridized carbons (Fsp3) is 0.583. The van der Waals surface area contributed by atoms with Gasteiger partial charge in [-0.15, -0.1) is 0 Å². The Kier molecular flexibility index (Phi) is 8.36. The van der Waals surface area contributed by atoms with Crippen LogP contribution in [0.4, 0.5) is 10.5 Å². The molecule has 1 spiro atoms. The lowest BCUT2D eigenvalue weighted by Crippen LogP contribution is -2.58. The minimum absolute atomic E-state index is 0.0370. The average molecular weight is 474 g/mol. The number of hydrogen-bond donors (Lipinski definition) is 1. The lowest BCUT2D eigenvalue weighted by Gasteiger charge is -2.43. The van der Waals surface area contributed by atoms with Crippen LogP contribution in [0.15, 0.2) is 30.3 Å². The Bertz CT molecular complexity index is 881. The standard InChI is InChI=1S/C24H35N5O5/c1-4-26(5-2)20(30)17-28-18-29(19-10-8-7-9-11-19)24(22(28)32)12-14-27(15-13-24)23(33)25-16-21(31)34-6-3/h7-11H,4-6,12-18H2,1-3H3,(H,25,33). The van der Waals surface area contributed by atoms with Crippen molar-refractivity contribution in [3.05, 3.63) is 30.3 Å². The van der Waals surface area contributed by atoms with Gasteiger partial charge in [0, 0.05) is 31.9 Å². The highest BCUT2D eigenvalue weighted by Gasteiger charge is 2.54. The molecule has 3 rings (SSSR count). The van der Waals surface area contributed by atoms with Crippen LogP contribution < -0.4 is 10.2 Å². The Hall–Kier alpha value is -3.30. The summed E-state index contributed by atoms with van der Waals surface area (Å²) in [5.74, 6) is -0.637. The molecule has 2 fully saturated rings. The second-order valence-electron chi connectivity index (χ2n) is 8.46. The van der Waals surface area contributed by atoms with Gasteiger partial charge >= 0.3 is 12.0 Å². The predicted octanol–water partition coefficient (Wildman–Crippen LogP) is 1.27. The molecule has 1 N–H and O–H groups in total. The zero-order chi connectivity index (χ0) is 24.7. The number of benzene rings is 1. The number of para-hydroxylation sites is 1. The second kappa shape index (κ2) is 11.2. The van der Waals surface area contributed by atoms with Crippen LogP contribution in [0.5, 0.6) is 0 Å². The molecule has 2 aliphatic heterocycles. The maximum atomic E-state index is 13.7. The number of anilines is 1. The van der Waals surface area contributed by atoms with Crippen LogP contribution in [0, 0.1) is 0 Å². The van der Waals surface area contributed by atoms with Crippen molar-refractivity contribution in [1.82, 2.24) is 20.0 Å². The van der Waals surface area contributed by atoms with Gasteiger partial charge in [-0.1, -0.05) is 18.2 Å². The second-order valence-corrected chi connectivity index (χ2v) is 8.46. The van der Waals surface area contributed by atoms with Crippen LogP contribution in [0.1, 0.15) is 33.6 Å². The first-order chi connectivity index (χ1) is 16.4. The van der Waals surface area contributed by atoms with E-state index in [4.69, 9.17) is 4.74 Å². The zero-order valence-corrected chi connectivity index (χ0v) is 20.3. The highest BCUT2D eigenvalue weighted by Crippen LogP contribution is 2.39. The number of likely N-dealkylation sites (N-methyl/N-ethyl adjacent to an activating group) is 1. The molecule has 0 radical (unpaired) electrons. The van der Waals surface area contributed by atoms with Gasteiger partial charge in [0.2, 0.25) is 5.91 Å². The van der Waals surface area contributed by atoms with Crippen molar-refractivity contribution < 1.29 is 23.9 Å². The molecular formula is C24H35N5O5. The average Bonchev–Trinajstić information content (AvgIpc) is 3.10. The molecule has 0 aromatic heterocycles. The molecule has 0 aliphatic carbocycles. The van der Waals surface area contributed by atoms with Crippen LogP contribution in [0.25, 0.3) is 0 Å². The number of ether oxygens (including phenoxy) is 1. The third kappa shape index (κ3) is 5.26. The van der Waals surface area contributed by atoms with E-state index in [0.29, 0.717) is 45.7 Å². The summed E-state index contributed by atoms with van der Waals surface area (Å²) in [7, 11) is 0. The van der Waals surface area contributed by atoms with Crippen LogP contribution in [0.2, 0.25) is 0 Å². The SMILES string of the molecule is CCOC(=O)CNC(=O)N1CCC2(CC1)C(=O)N(CC(=O)N(CC)CC)CN2c1ccccc1. The molecule has 10 heteroatoms. The highest BCUT2D eigenvalue weighted by molar-refractivity contribution is 5.96. The first-order valence-electron chi connectivity index (χ1n) is 11.9. The molecule has 1 aromatic carbocycles. The van der Waals surface area contributed by atoms with Crippen LogP contribution in [0.3, 0.4) is 0 Å². The number of nitrogens with one attached hydrogen (secondary N) is 1. The van der Waals surface area contributed by atoms with Crippen molar-refractivity contribution in [2.24, 2.45) is 0 Å². The monoisotopic (exact) mass is 473 g/mol. The summed E-state index contributed by atoms with van der Waals surface area (Å²) in [4.78, 5) is 57.6. The van der Waals surface area contributed by atoms with E-state index in [9.17, 15) is 19.2 Å². The van der Waals surface area contributed by atoms with Gasteiger partial charge in [0.25, 0.3) is 5.91 Å². The third-order valence-corrected chi connectivity index (χ3v) is 6.59. The number of amides is 4. The minimum Gasteiger partial charge on any atom is -0.465 e. The molecule has 34 heavy (non-hydrogen) atoms. The number of rotatable bonds is 8. The summed E-state index contributed by atoms with van der Waals surface area (Å²) in [5, 5.41) is 2.58. The van der Waals surface area contributed by atoms with E-state index in [2.05, 4.69) is 10.2 Å². The molecule has 2 heterocycles. The van der Waals surface area contributed by atoms with E-state index in [1.807, 2.05) is 44.2 Å². The number of nitrogens with zero attached hydrogens (tertiary/aromatic N) is 4. The summed E-state index contributed by atoms with van der Waals surface area (Å²) in [6, 6.07) is 9.34. The summed E-state index contributed by atoms with van der Waals surface area (Å²) >= 11 is 0. The number of carbonyl (C=O) groups is 4. The van der Waals surface area contributed by atoms with Gasteiger partial charge in [-0.2, -0.15) is 0 Å². The zero-order valence-electron chi connectivity index (χ0n) is 20.3. The number of hydrogen-bond acceptors (Lipinski definition) is 6. The van der Waals surface area contributed by atoms with Gasteiger partial charge in [-0.25, -0.2) is 4.79 Å². The molecule has 2 aliphatic rings. The quantitative estimate of drug-likeness (QED) is 0.571. The topological polar surface area (TPSA) is 102 Å². The van der Waals surface area contributed by atoms with E-state index in [-0.39, 0.29) is 37.5 Å². The van der Waals surface area contributed by atoms with E-state index in [1.54, 1.807) is 21.6 Å². The summed E-state index contributed by atoms with van der Waals surface area (Å²) in [5.41, 5.74) is 0.0943. The van der Waals surface area contributed by atoms with Gasteiger partial charge < -0.3 is 29.7 Å². The van der Waals surface area contributed by atoms with Crippen molar-refractivity contribution in [3.8, 4) is 0 Å². The minimum atomic E-state index is -0.817. The fourth-order valence-corrected chi connectivity index (χ4v) is 4.71. The van der Waals surface area contributed by atoms with Gasteiger partial charge in [-0.05, 0) is 45.7 Å². The predicted molar refractivity (Wildman–Crippen MR) is 127 cm³/mol. The molecule has 2 saturated heterocycles. The van der Waals surface area contributed by atoms with Gasteiger partial charge in [0.1, 0.15) is 18.6 Å². The van der Waals surface area contributed by atoms with Gasteiger partial charge in [-0.3, -0.25) is 14.4 Å². The molecule has 186 valence electrons. The Labute approximate surface area is 200 Å². The number of likely N-dealkylation sites (tertiary alicyclic amines) is 1. The first-order valence-corrected chi connectivity index (χ1v) is 11.9. The molecule has 0 saturated carbocycles. The number of carbonyl (C=O) groups excluding carboxylic acids is 4.